The number of para-hydroxylation sites is 1. The lowest BCUT2D eigenvalue weighted by molar-refractivity contribution is 0.0697. The molecule has 0 bridgehead atoms. The van der Waals surface area contributed by atoms with E-state index < -0.39 is 5.97 Å². The van der Waals surface area contributed by atoms with Crippen molar-refractivity contribution in [2.24, 2.45) is 0 Å². The molecule has 2 aromatic rings. The van der Waals surface area contributed by atoms with Crippen LogP contribution < -0.4 is 10.1 Å². The molecule has 102 valence electrons. The van der Waals surface area contributed by atoms with Crippen LogP contribution in [0.25, 0.3) is 0 Å². The molecular formula is C16H15NO3. The van der Waals surface area contributed by atoms with Gasteiger partial charge in [0.2, 0.25) is 0 Å². The van der Waals surface area contributed by atoms with E-state index >= 15 is 0 Å². The van der Waals surface area contributed by atoms with E-state index in [0.29, 0.717) is 6.54 Å². The Morgan fingerprint density at radius 1 is 1.25 bits per heavy atom. The molecule has 0 saturated heterocycles. The third kappa shape index (κ3) is 2.59. The average Bonchev–Trinajstić information content (AvgIpc) is 2.88. The minimum Gasteiger partial charge on any atom is -0.488 e. The Bertz CT molecular complexity index is 614. The van der Waals surface area contributed by atoms with Gasteiger partial charge in [0.15, 0.2) is 0 Å². The van der Waals surface area contributed by atoms with Crippen molar-refractivity contribution in [1.29, 1.82) is 0 Å². The van der Waals surface area contributed by atoms with Crippen LogP contribution in [-0.4, -0.2) is 23.7 Å². The molecule has 0 fully saturated rings. The van der Waals surface area contributed by atoms with E-state index in [4.69, 9.17) is 9.84 Å². The van der Waals surface area contributed by atoms with Crippen LogP contribution in [0.15, 0.2) is 48.5 Å². The highest BCUT2D eigenvalue weighted by Gasteiger charge is 2.21. The molecule has 0 saturated carbocycles. The molecule has 0 amide bonds. The van der Waals surface area contributed by atoms with Gasteiger partial charge < -0.3 is 15.2 Å². The Morgan fingerprint density at radius 3 is 2.90 bits per heavy atom. The van der Waals surface area contributed by atoms with Gasteiger partial charge in [0, 0.05) is 12.1 Å². The van der Waals surface area contributed by atoms with Gasteiger partial charge in [0.1, 0.15) is 11.9 Å². The molecule has 2 aromatic carbocycles. The zero-order chi connectivity index (χ0) is 13.9. The molecule has 2 N–H and O–H groups in total. The lowest BCUT2D eigenvalue weighted by atomic mass is 10.1. The largest absolute Gasteiger partial charge is 0.488 e. The maximum Gasteiger partial charge on any atom is 0.335 e. The van der Waals surface area contributed by atoms with E-state index in [1.54, 1.807) is 18.2 Å². The van der Waals surface area contributed by atoms with Crippen molar-refractivity contribution in [1.82, 2.24) is 0 Å². The summed E-state index contributed by atoms with van der Waals surface area (Å²) in [5, 5.41) is 12.2. The zero-order valence-corrected chi connectivity index (χ0v) is 10.9. The number of hydrogen-bond donors (Lipinski definition) is 2. The van der Waals surface area contributed by atoms with E-state index in [-0.39, 0.29) is 11.7 Å². The molecule has 0 aromatic heterocycles. The highest BCUT2D eigenvalue weighted by Crippen LogP contribution is 2.28. The zero-order valence-electron chi connectivity index (χ0n) is 10.9. The van der Waals surface area contributed by atoms with Crippen molar-refractivity contribution in [3.8, 4) is 5.75 Å². The minimum atomic E-state index is -0.918. The Morgan fingerprint density at radius 2 is 2.10 bits per heavy atom. The standard InChI is InChI=1S/C16H15NO3/c18-16(19)12-5-3-6-13(8-12)17-10-14-9-11-4-1-2-7-15(11)20-14/h1-8,14,17H,9-10H2,(H,18,19). The lowest BCUT2D eigenvalue weighted by Crippen LogP contribution is -2.24. The first-order valence-corrected chi connectivity index (χ1v) is 6.54. The number of fused-ring (bicyclic) bond motifs is 1. The topological polar surface area (TPSA) is 58.6 Å². The second-order valence-corrected chi connectivity index (χ2v) is 4.82. The Balaban J connectivity index is 1.61. The fourth-order valence-electron chi connectivity index (χ4n) is 2.36. The summed E-state index contributed by atoms with van der Waals surface area (Å²) in [6.07, 6.45) is 0.961. The number of carbonyl (C=O) groups is 1. The van der Waals surface area contributed by atoms with Gasteiger partial charge >= 0.3 is 5.97 Å². The van der Waals surface area contributed by atoms with Crippen molar-refractivity contribution in [3.63, 3.8) is 0 Å². The van der Waals surface area contributed by atoms with Gasteiger partial charge in [-0.25, -0.2) is 4.79 Å². The first kappa shape index (κ1) is 12.5. The number of anilines is 1. The number of nitrogens with one attached hydrogen (secondary N) is 1. The third-order valence-corrected chi connectivity index (χ3v) is 3.36. The number of carboxylic acid groups (broad SMARTS) is 1. The second kappa shape index (κ2) is 5.25. The van der Waals surface area contributed by atoms with Gasteiger partial charge in [0.05, 0.1) is 12.1 Å². The molecule has 0 radical (unpaired) electrons. The van der Waals surface area contributed by atoms with Crippen LogP contribution >= 0.6 is 0 Å². The lowest BCUT2D eigenvalue weighted by Gasteiger charge is -2.13. The molecule has 1 aliphatic heterocycles. The van der Waals surface area contributed by atoms with Gasteiger partial charge in [-0.2, -0.15) is 0 Å². The molecule has 1 atom stereocenters. The van der Waals surface area contributed by atoms with E-state index in [0.717, 1.165) is 17.9 Å². The van der Waals surface area contributed by atoms with Crippen LogP contribution in [0.4, 0.5) is 5.69 Å². The van der Waals surface area contributed by atoms with Crippen molar-refractivity contribution in [2.75, 3.05) is 11.9 Å². The van der Waals surface area contributed by atoms with E-state index in [1.165, 1.54) is 5.56 Å². The predicted octanol–water partition coefficient (Wildman–Crippen LogP) is 2.80. The molecule has 0 spiro atoms. The van der Waals surface area contributed by atoms with E-state index in [1.807, 2.05) is 24.3 Å². The molecule has 3 rings (SSSR count). The summed E-state index contributed by atoms with van der Waals surface area (Å²) in [7, 11) is 0. The third-order valence-electron chi connectivity index (χ3n) is 3.36. The number of ether oxygens (including phenoxy) is 1. The Labute approximate surface area is 117 Å². The van der Waals surface area contributed by atoms with Gasteiger partial charge in [0.25, 0.3) is 0 Å². The summed E-state index contributed by atoms with van der Waals surface area (Å²) in [6.45, 7) is 0.651. The first-order chi connectivity index (χ1) is 9.72. The maximum absolute atomic E-state index is 10.9. The normalized spacial score (nSPS) is 16.3. The smallest absolute Gasteiger partial charge is 0.335 e. The Hall–Kier alpha value is -2.49. The van der Waals surface area contributed by atoms with Crippen LogP contribution in [-0.2, 0) is 6.42 Å². The highest BCUT2D eigenvalue weighted by atomic mass is 16.5. The molecular weight excluding hydrogens is 254 g/mol. The number of benzene rings is 2. The molecule has 1 unspecified atom stereocenters. The van der Waals surface area contributed by atoms with Crippen molar-refractivity contribution >= 4 is 11.7 Å². The quantitative estimate of drug-likeness (QED) is 0.896. The summed E-state index contributed by atoms with van der Waals surface area (Å²) >= 11 is 0. The van der Waals surface area contributed by atoms with Crippen LogP contribution in [0.1, 0.15) is 15.9 Å². The summed E-state index contributed by atoms with van der Waals surface area (Å²) < 4.78 is 5.83. The van der Waals surface area contributed by atoms with Crippen LogP contribution in [0.5, 0.6) is 5.75 Å². The predicted molar refractivity (Wildman–Crippen MR) is 76.5 cm³/mol. The minimum absolute atomic E-state index is 0.0842. The first-order valence-electron chi connectivity index (χ1n) is 6.54. The van der Waals surface area contributed by atoms with Gasteiger partial charge in [-0.05, 0) is 29.8 Å². The van der Waals surface area contributed by atoms with Gasteiger partial charge in [-0.15, -0.1) is 0 Å². The summed E-state index contributed by atoms with van der Waals surface area (Å²) in [4.78, 5) is 10.9. The fraction of sp³-hybridized carbons (Fsp3) is 0.188. The summed E-state index contributed by atoms with van der Waals surface area (Å²) in [5.41, 5.74) is 2.30. The number of hydrogen-bond acceptors (Lipinski definition) is 3. The van der Waals surface area contributed by atoms with Gasteiger partial charge in [-0.1, -0.05) is 24.3 Å². The molecule has 20 heavy (non-hydrogen) atoms. The van der Waals surface area contributed by atoms with Crippen molar-refractivity contribution < 1.29 is 14.6 Å². The highest BCUT2D eigenvalue weighted by molar-refractivity contribution is 5.88. The molecule has 4 nitrogen and oxygen atoms in total. The molecule has 0 aliphatic carbocycles. The second-order valence-electron chi connectivity index (χ2n) is 4.82. The van der Waals surface area contributed by atoms with Gasteiger partial charge in [-0.3, -0.25) is 0 Å². The SMILES string of the molecule is O=C(O)c1cccc(NCC2Cc3ccccc3O2)c1. The van der Waals surface area contributed by atoms with Crippen LogP contribution in [0.2, 0.25) is 0 Å². The summed E-state index contributed by atoms with van der Waals surface area (Å²) in [5.74, 6) is 0.0248. The monoisotopic (exact) mass is 269 g/mol. The number of aromatic carboxylic acids is 1. The fourth-order valence-corrected chi connectivity index (χ4v) is 2.36. The average molecular weight is 269 g/mol. The van der Waals surface area contributed by atoms with Crippen molar-refractivity contribution in [3.05, 3.63) is 59.7 Å². The van der Waals surface area contributed by atoms with Crippen LogP contribution in [0.3, 0.4) is 0 Å². The van der Waals surface area contributed by atoms with Crippen LogP contribution in [0, 0.1) is 0 Å². The van der Waals surface area contributed by atoms with E-state index in [9.17, 15) is 4.79 Å². The number of rotatable bonds is 4. The summed E-state index contributed by atoms with van der Waals surface area (Å²) in [6, 6.07) is 14.8. The number of carboxylic acids is 1. The maximum atomic E-state index is 10.9. The Kier molecular flexibility index (Phi) is 3.29. The molecule has 1 aliphatic rings. The molecule has 4 heteroatoms. The molecule has 1 heterocycles. The van der Waals surface area contributed by atoms with Crippen molar-refractivity contribution in [2.45, 2.75) is 12.5 Å². The van der Waals surface area contributed by atoms with E-state index in [2.05, 4.69) is 11.4 Å².